The lowest BCUT2D eigenvalue weighted by Gasteiger charge is -2.17. The number of alkyl halides is 3. The van der Waals surface area contributed by atoms with Gasteiger partial charge in [0.2, 0.25) is 0 Å². The van der Waals surface area contributed by atoms with Crippen LogP contribution in [-0.2, 0) is 20.9 Å². The monoisotopic (exact) mass is 666 g/mol. The Kier molecular flexibility index (Phi) is 11.6. The van der Waals surface area contributed by atoms with Gasteiger partial charge in [-0.15, -0.1) is 13.2 Å². The molecule has 4 aromatic rings. The van der Waals surface area contributed by atoms with Gasteiger partial charge in [0.25, 0.3) is 5.91 Å². The van der Waals surface area contributed by atoms with E-state index in [1.165, 1.54) is 43.5 Å². The van der Waals surface area contributed by atoms with Gasteiger partial charge in [-0.1, -0.05) is 54.6 Å². The van der Waals surface area contributed by atoms with Crippen LogP contribution >= 0.6 is 0 Å². The van der Waals surface area contributed by atoms with Gasteiger partial charge < -0.3 is 24.5 Å². The lowest BCUT2D eigenvalue weighted by molar-refractivity contribution is -0.274. The third-order valence-corrected chi connectivity index (χ3v) is 7.25. The normalized spacial score (nSPS) is 12.3. The lowest BCUT2D eigenvalue weighted by atomic mass is 9.94. The van der Waals surface area contributed by atoms with Crippen molar-refractivity contribution in [3.8, 4) is 28.0 Å². The summed E-state index contributed by atoms with van der Waals surface area (Å²) in [7, 11) is 1.17. The highest BCUT2D eigenvalue weighted by Gasteiger charge is 2.32. The summed E-state index contributed by atoms with van der Waals surface area (Å²) in [5, 5.41) is 13.0. The van der Waals surface area contributed by atoms with Crippen LogP contribution in [0.4, 0.5) is 17.6 Å². The number of allylic oxidation sites excluding steroid dienone is 1. The second-order valence-corrected chi connectivity index (χ2v) is 11.1. The zero-order chi connectivity index (χ0) is 35.0. The fourth-order valence-electron chi connectivity index (χ4n) is 5.26. The number of nitrogens with one attached hydrogen (secondary N) is 1. The Morgan fingerprint density at radius 1 is 0.917 bits per heavy atom. The van der Waals surface area contributed by atoms with Gasteiger partial charge in [0.05, 0.1) is 25.3 Å². The zero-order valence-corrected chi connectivity index (χ0v) is 26.4. The van der Waals surface area contributed by atoms with Crippen LogP contribution in [0, 0.1) is 5.82 Å². The first-order valence-electron chi connectivity index (χ1n) is 15.0. The number of benzene rings is 3. The zero-order valence-electron chi connectivity index (χ0n) is 26.4. The Labute approximate surface area is 274 Å². The van der Waals surface area contributed by atoms with Crippen LogP contribution < -0.4 is 10.1 Å². The molecule has 1 amide bonds. The second-order valence-electron chi connectivity index (χ2n) is 11.1. The molecule has 4 rings (SSSR count). The van der Waals surface area contributed by atoms with E-state index >= 15 is 0 Å². The number of aliphatic hydroxyl groups excluding tert-OH is 1. The van der Waals surface area contributed by atoms with Crippen LogP contribution in [0.15, 0.2) is 84.9 Å². The summed E-state index contributed by atoms with van der Waals surface area (Å²) in [6.07, 6.45) is -4.14. The summed E-state index contributed by atoms with van der Waals surface area (Å²) in [5.74, 6) is -2.65. The van der Waals surface area contributed by atoms with E-state index in [1.54, 1.807) is 53.1 Å². The number of ether oxygens (including phenoxy) is 2. The van der Waals surface area contributed by atoms with Crippen molar-refractivity contribution in [2.45, 2.75) is 51.7 Å². The van der Waals surface area contributed by atoms with Gasteiger partial charge in [0, 0.05) is 30.1 Å². The van der Waals surface area contributed by atoms with Crippen molar-refractivity contribution < 1.29 is 46.5 Å². The summed E-state index contributed by atoms with van der Waals surface area (Å²) in [5.41, 5.74) is 3.13. The number of hydrogen-bond acceptors (Lipinski definition) is 6. The van der Waals surface area contributed by atoms with E-state index in [1.807, 2.05) is 13.8 Å². The predicted octanol–water partition coefficient (Wildman–Crippen LogP) is 7.27. The molecule has 0 unspecified atom stereocenters. The van der Waals surface area contributed by atoms with E-state index in [4.69, 9.17) is 0 Å². The SMILES string of the molecule is COC(=O)C[C@H](O)CC(=O)C=Cc1c(-c2ccc(F)cc2)c(-c2ccccc2)c(C(=O)NCc2cccc(OC(F)(F)F)c2)n1C(C)C. The molecule has 1 aromatic heterocycles. The van der Waals surface area contributed by atoms with Crippen LogP contribution in [0.3, 0.4) is 0 Å². The fraction of sp³-hybridized carbons (Fsp3) is 0.250. The first kappa shape index (κ1) is 35.6. The molecule has 12 heteroatoms. The van der Waals surface area contributed by atoms with Crippen molar-refractivity contribution in [2.24, 2.45) is 0 Å². The number of rotatable bonds is 13. The number of carbonyl (C=O) groups is 3. The van der Waals surface area contributed by atoms with E-state index in [-0.39, 0.29) is 31.1 Å². The third kappa shape index (κ3) is 9.19. The van der Waals surface area contributed by atoms with Crippen molar-refractivity contribution in [1.29, 1.82) is 0 Å². The van der Waals surface area contributed by atoms with Crippen LogP contribution in [0.1, 0.15) is 54.5 Å². The Balaban J connectivity index is 1.85. The van der Waals surface area contributed by atoms with Crippen LogP contribution in [0.25, 0.3) is 28.3 Å². The quantitative estimate of drug-likeness (QED) is 0.0884. The van der Waals surface area contributed by atoms with Gasteiger partial charge in [0.15, 0.2) is 5.78 Å². The molecule has 0 radical (unpaired) electrons. The Bertz CT molecular complexity index is 1780. The number of methoxy groups -OCH3 is 1. The first-order valence-corrected chi connectivity index (χ1v) is 15.0. The average Bonchev–Trinajstić information content (AvgIpc) is 3.38. The molecular formula is C36H34F4N2O6. The summed E-state index contributed by atoms with van der Waals surface area (Å²) < 4.78 is 62.8. The molecule has 0 spiro atoms. The molecule has 3 aromatic carbocycles. The van der Waals surface area contributed by atoms with E-state index in [2.05, 4.69) is 14.8 Å². The number of halogens is 4. The largest absolute Gasteiger partial charge is 0.573 e. The molecule has 0 bridgehead atoms. The van der Waals surface area contributed by atoms with Crippen molar-refractivity contribution in [1.82, 2.24) is 9.88 Å². The molecule has 0 aliphatic heterocycles. The van der Waals surface area contributed by atoms with E-state index in [9.17, 15) is 37.1 Å². The minimum absolute atomic E-state index is 0.140. The molecule has 0 aliphatic carbocycles. The number of hydrogen-bond donors (Lipinski definition) is 2. The number of ketones is 1. The average molecular weight is 667 g/mol. The van der Waals surface area contributed by atoms with Crippen molar-refractivity contribution in [2.75, 3.05) is 7.11 Å². The van der Waals surface area contributed by atoms with Crippen LogP contribution in [0.5, 0.6) is 5.75 Å². The van der Waals surface area contributed by atoms with E-state index in [0.29, 0.717) is 33.5 Å². The third-order valence-electron chi connectivity index (χ3n) is 7.25. The Hall–Kier alpha value is -5.23. The fourth-order valence-corrected chi connectivity index (χ4v) is 5.26. The minimum atomic E-state index is -4.88. The summed E-state index contributed by atoms with van der Waals surface area (Å²) in [6.45, 7) is 3.52. The summed E-state index contributed by atoms with van der Waals surface area (Å²) in [4.78, 5) is 38.6. The number of aliphatic hydroxyl groups is 1. The summed E-state index contributed by atoms with van der Waals surface area (Å²) in [6, 6.07) is 19.5. The van der Waals surface area contributed by atoms with Crippen LogP contribution in [-0.4, -0.2) is 46.9 Å². The molecule has 8 nitrogen and oxygen atoms in total. The Morgan fingerprint density at radius 2 is 1.58 bits per heavy atom. The number of carbonyl (C=O) groups excluding carboxylic acids is 3. The molecular weight excluding hydrogens is 632 g/mol. The molecule has 2 N–H and O–H groups in total. The predicted molar refractivity (Wildman–Crippen MR) is 171 cm³/mol. The van der Waals surface area contributed by atoms with Gasteiger partial charge in [-0.25, -0.2) is 4.39 Å². The lowest BCUT2D eigenvalue weighted by Crippen LogP contribution is -2.27. The molecule has 48 heavy (non-hydrogen) atoms. The first-order chi connectivity index (χ1) is 22.8. The van der Waals surface area contributed by atoms with Crippen molar-refractivity contribution >= 4 is 23.7 Å². The molecule has 0 aliphatic rings. The van der Waals surface area contributed by atoms with E-state index < -0.39 is 41.7 Å². The molecule has 1 heterocycles. The van der Waals surface area contributed by atoms with Gasteiger partial charge in [-0.2, -0.15) is 0 Å². The minimum Gasteiger partial charge on any atom is -0.469 e. The van der Waals surface area contributed by atoms with Gasteiger partial charge in [0.1, 0.15) is 17.3 Å². The van der Waals surface area contributed by atoms with E-state index in [0.717, 1.165) is 6.07 Å². The molecule has 252 valence electrons. The van der Waals surface area contributed by atoms with Crippen molar-refractivity contribution in [3.05, 3.63) is 108 Å². The molecule has 1 atom stereocenters. The maximum Gasteiger partial charge on any atom is 0.573 e. The standard InChI is InChI=1S/C36H34F4N2O6/c1-22(2)42-30(17-16-27(43)19-28(44)20-31(45)47-3)32(25-12-14-26(37)15-13-25)33(24-9-5-4-6-10-24)34(42)35(46)41-21-23-8-7-11-29(18-23)48-36(38,39)40/h4-18,22,28,44H,19-21H2,1-3H3,(H,41,46)/t28-/m1/s1. The number of esters is 1. The van der Waals surface area contributed by atoms with Crippen LogP contribution in [0.2, 0.25) is 0 Å². The van der Waals surface area contributed by atoms with Gasteiger partial charge in [-0.3, -0.25) is 14.4 Å². The van der Waals surface area contributed by atoms with Crippen molar-refractivity contribution in [3.63, 3.8) is 0 Å². The second kappa shape index (κ2) is 15.6. The maximum atomic E-state index is 14.1. The summed E-state index contributed by atoms with van der Waals surface area (Å²) >= 11 is 0. The smallest absolute Gasteiger partial charge is 0.469 e. The van der Waals surface area contributed by atoms with Gasteiger partial charge >= 0.3 is 12.3 Å². The highest BCUT2D eigenvalue weighted by atomic mass is 19.4. The maximum absolute atomic E-state index is 14.1. The highest BCUT2D eigenvalue weighted by molar-refractivity contribution is 6.07. The Morgan fingerprint density at radius 3 is 2.21 bits per heavy atom. The topological polar surface area (TPSA) is 107 Å². The highest BCUT2D eigenvalue weighted by Crippen LogP contribution is 2.42. The number of aromatic nitrogens is 1. The number of nitrogens with zero attached hydrogens (tertiary/aromatic N) is 1. The molecule has 0 fully saturated rings. The molecule has 0 saturated heterocycles. The number of amides is 1. The molecule has 0 saturated carbocycles. The van der Waals surface area contributed by atoms with Gasteiger partial charge in [-0.05, 0) is 67.0 Å².